The van der Waals surface area contributed by atoms with E-state index in [0.717, 1.165) is 20.2 Å². The first kappa shape index (κ1) is 11.4. The molecule has 0 fully saturated rings. The Morgan fingerprint density at radius 3 is 2.67 bits per heavy atom. The molecule has 4 nitrogen and oxygen atoms in total. The summed E-state index contributed by atoms with van der Waals surface area (Å²) in [6.07, 6.45) is 3.22. The van der Waals surface area contributed by atoms with Crippen molar-refractivity contribution in [3.05, 3.63) is 20.8 Å². The van der Waals surface area contributed by atoms with Crippen molar-refractivity contribution in [1.29, 1.82) is 0 Å². The van der Waals surface area contributed by atoms with Crippen LogP contribution in [0.5, 0.6) is 0 Å². The smallest absolute Gasteiger partial charge is 0.359 e. The number of fused-ring (bicyclic) bond motifs is 1. The molecule has 0 aromatic carbocycles. The van der Waals surface area contributed by atoms with Crippen LogP contribution in [0.3, 0.4) is 0 Å². The summed E-state index contributed by atoms with van der Waals surface area (Å²) in [5.74, 6) is 0. The molecular weight excluding hydrogens is 346 g/mol. The summed E-state index contributed by atoms with van der Waals surface area (Å²) in [6, 6.07) is 0. The molecule has 80 valence electrons. The van der Waals surface area contributed by atoms with E-state index in [-0.39, 0.29) is 0 Å². The Morgan fingerprint density at radius 2 is 2.07 bits per heavy atom. The molecule has 2 aromatic rings. The van der Waals surface area contributed by atoms with Gasteiger partial charge in [-0.3, -0.25) is 0 Å². The quantitative estimate of drug-likeness (QED) is 0.740. The average molecular weight is 353 g/mol. The van der Waals surface area contributed by atoms with Crippen LogP contribution < -0.4 is 0 Å². The molecule has 15 heavy (non-hydrogen) atoms. The van der Waals surface area contributed by atoms with Crippen molar-refractivity contribution in [2.45, 2.75) is 12.1 Å². The SMILES string of the molecule is Cc1c(Br)c(Br)c2cnc([S+](C)[O-])nn12. The zero-order valence-corrected chi connectivity index (χ0v) is 12.0. The molecule has 2 rings (SSSR count). The monoisotopic (exact) mass is 351 g/mol. The van der Waals surface area contributed by atoms with Crippen LogP contribution in [0.15, 0.2) is 20.3 Å². The second-order valence-corrected chi connectivity index (χ2v) is 5.86. The van der Waals surface area contributed by atoms with Crippen LogP contribution in [0.25, 0.3) is 5.52 Å². The van der Waals surface area contributed by atoms with E-state index in [9.17, 15) is 4.55 Å². The van der Waals surface area contributed by atoms with Crippen molar-refractivity contribution < 1.29 is 4.55 Å². The fraction of sp³-hybridized carbons (Fsp3) is 0.250. The topological polar surface area (TPSA) is 53.2 Å². The van der Waals surface area contributed by atoms with Crippen LogP contribution >= 0.6 is 31.9 Å². The maximum atomic E-state index is 11.2. The van der Waals surface area contributed by atoms with Gasteiger partial charge in [0.2, 0.25) is 0 Å². The highest BCUT2D eigenvalue weighted by Gasteiger charge is 2.16. The van der Waals surface area contributed by atoms with E-state index in [1.165, 1.54) is 0 Å². The largest absolute Gasteiger partial charge is 0.609 e. The van der Waals surface area contributed by atoms with Crippen LogP contribution in [0, 0.1) is 6.92 Å². The van der Waals surface area contributed by atoms with Gasteiger partial charge in [-0.15, -0.1) is 0 Å². The number of rotatable bonds is 1. The third-order valence-electron chi connectivity index (χ3n) is 2.02. The second kappa shape index (κ2) is 4.04. The maximum Gasteiger partial charge on any atom is 0.359 e. The third kappa shape index (κ3) is 1.82. The Labute approximate surface area is 107 Å². The standard InChI is InChI=1S/C8H7Br2N3OS/c1-4-6(9)7(10)5-3-11-8(15(2)14)12-13(4)5/h3H,1-2H3. The first-order chi connectivity index (χ1) is 7.02. The van der Waals surface area contributed by atoms with Crippen LogP contribution in [-0.4, -0.2) is 25.4 Å². The van der Waals surface area contributed by atoms with E-state index in [2.05, 4.69) is 41.9 Å². The molecule has 1 unspecified atom stereocenters. The lowest BCUT2D eigenvalue weighted by atomic mass is 10.5. The van der Waals surface area contributed by atoms with E-state index < -0.39 is 11.2 Å². The number of hydrogen-bond acceptors (Lipinski definition) is 3. The molecule has 2 aromatic heterocycles. The van der Waals surface area contributed by atoms with Crippen LogP contribution in [-0.2, 0) is 11.2 Å². The van der Waals surface area contributed by atoms with Gasteiger partial charge in [0.15, 0.2) is 0 Å². The van der Waals surface area contributed by atoms with Gasteiger partial charge in [0, 0.05) is 11.2 Å². The van der Waals surface area contributed by atoms with Gasteiger partial charge in [-0.25, -0.2) is 4.52 Å². The average Bonchev–Trinajstić information content (AvgIpc) is 2.44. The summed E-state index contributed by atoms with van der Waals surface area (Å²) in [4.78, 5) is 4.04. The second-order valence-electron chi connectivity index (χ2n) is 3.01. The van der Waals surface area contributed by atoms with Crippen molar-refractivity contribution in [3.8, 4) is 0 Å². The fourth-order valence-corrected chi connectivity index (χ4v) is 2.56. The van der Waals surface area contributed by atoms with Gasteiger partial charge in [-0.1, -0.05) is 5.10 Å². The van der Waals surface area contributed by atoms with Gasteiger partial charge in [0.25, 0.3) is 0 Å². The molecule has 0 saturated heterocycles. The normalized spacial score (nSPS) is 13.4. The summed E-state index contributed by atoms with van der Waals surface area (Å²) in [7, 11) is 0. The molecule has 0 bridgehead atoms. The Hall–Kier alpha value is -0.110. The molecule has 2 heterocycles. The predicted molar refractivity (Wildman–Crippen MR) is 65.5 cm³/mol. The molecule has 0 amide bonds. The number of hydrogen-bond donors (Lipinski definition) is 0. The van der Waals surface area contributed by atoms with Gasteiger partial charge in [0.05, 0.1) is 26.4 Å². The van der Waals surface area contributed by atoms with Gasteiger partial charge in [-0.2, -0.15) is 4.98 Å². The number of nitrogens with zero attached hydrogens (tertiary/aromatic N) is 3. The molecular formula is C8H7Br2N3OS. The number of aromatic nitrogens is 3. The zero-order chi connectivity index (χ0) is 11.2. The van der Waals surface area contributed by atoms with Crippen molar-refractivity contribution in [2.75, 3.05) is 6.26 Å². The Morgan fingerprint density at radius 1 is 1.40 bits per heavy atom. The van der Waals surface area contributed by atoms with Crippen LogP contribution in [0.2, 0.25) is 0 Å². The summed E-state index contributed by atoms with van der Waals surface area (Å²) in [5, 5.41) is 4.54. The van der Waals surface area contributed by atoms with Crippen molar-refractivity contribution >= 4 is 48.6 Å². The highest BCUT2D eigenvalue weighted by Crippen LogP contribution is 2.32. The predicted octanol–water partition coefficient (Wildman–Crippen LogP) is 2.30. The van der Waals surface area contributed by atoms with E-state index in [1.54, 1.807) is 17.0 Å². The minimum Gasteiger partial charge on any atom is -0.609 e. The first-order valence-corrected chi connectivity index (χ1v) is 7.19. The van der Waals surface area contributed by atoms with E-state index in [0.29, 0.717) is 5.16 Å². The molecule has 1 atom stereocenters. The number of aryl methyl sites for hydroxylation is 1. The molecule has 0 saturated carbocycles. The Kier molecular flexibility index (Phi) is 3.07. The molecule has 0 aliphatic carbocycles. The Bertz CT molecular complexity index is 526. The highest BCUT2D eigenvalue weighted by molar-refractivity contribution is 9.13. The van der Waals surface area contributed by atoms with Crippen LogP contribution in [0.4, 0.5) is 0 Å². The minimum atomic E-state index is -1.16. The molecule has 0 aliphatic rings. The van der Waals surface area contributed by atoms with Gasteiger partial charge in [0.1, 0.15) is 6.26 Å². The van der Waals surface area contributed by atoms with Gasteiger partial charge >= 0.3 is 5.16 Å². The molecule has 0 aliphatic heterocycles. The van der Waals surface area contributed by atoms with E-state index in [4.69, 9.17) is 0 Å². The van der Waals surface area contributed by atoms with Crippen molar-refractivity contribution in [3.63, 3.8) is 0 Å². The van der Waals surface area contributed by atoms with E-state index in [1.807, 2.05) is 6.92 Å². The number of halogens is 2. The molecule has 0 N–H and O–H groups in total. The lowest BCUT2D eigenvalue weighted by Crippen LogP contribution is -2.08. The minimum absolute atomic E-state index is 0.334. The summed E-state index contributed by atoms with van der Waals surface area (Å²) < 4.78 is 14.8. The first-order valence-electron chi connectivity index (χ1n) is 4.05. The Balaban J connectivity index is 2.77. The summed E-state index contributed by atoms with van der Waals surface area (Å²) in [5.41, 5.74) is 1.81. The lowest BCUT2D eigenvalue weighted by Gasteiger charge is -2.02. The lowest BCUT2D eigenvalue weighted by molar-refractivity contribution is 0.586. The van der Waals surface area contributed by atoms with Crippen molar-refractivity contribution in [2.24, 2.45) is 0 Å². The molecule has 0 radical (unpaired) electrons. The van der Waals surface area contributed by atoms with Gasteiger partial charge in [-0.05, 0) is 38.8 Å². The molecule has 0 spiro atoms. The molecule has 7 heteroatoms. The zero-order valence-electron chi connectivity index (χ0n) is 7.99. The maximum absolute atomic E-state index is 11.2. The van der Waals surface area contributed by atoms with Crippen LogP contribution in [0.1, 0.15) is 5.69 Å². The summed E-state index contributed by atoms with van der Waals surface area (Å²) in [6.45, 7) is 1.93. The van der Waals surface area contributed by atoms with Gasteiger partial charge < -0.3 is 4.55 Å². The third-order valence-corrected chi connectivity index (χ3v) is 5.03. The van der Waals surface area contributed by atoms with Crippen molar-refractivity contribution in [1.82, 2.24) is 14.6 Å². The summed E-state index contributed by atoms with van der Waals surface area (Å²) >= 11 is 5.72. The fourth-order valence-electron chi connectivity index (χ4n) is 1.24. The highest BCUT2D eigenvalue weighted by atomic mass is 79.9. The van der Waals surface area contributed by atoms with E-state index >= 15 is 0 Å².